The maximum absolute atomic E-state index is 14.0. The molecule has 3 aliphatic rings. The van der Waals surface area contributed by atoms with E-state index in [0.717, 1.165) is 24.8 Å². The fourth-order valence-corrected chi connectivity index (χ4v) is 6.66. The molecule has 182 valence electrons. The lowest BCUT2D eigenvalue weighted by molar-refractivity contribution is -0.141. The smallest absolute Gasteiger partial charge is 0.248 e. The van der Waals surface area contributed by atoms with E-state index in [0.29, 0.717) is 30.9 Å². The number of carbonyl (C=O) groups is 1. The maximum Gasteiger partial charge on any atom is 0.248 e. The third kappa shape index (κ3) is 5.19. The lowest BCUT2D eigenvalue weighted by atomic mass is 9.89. The lowest BCUT2D eigenvalue weighted by Gasteiger charge is -2.39. The topological polar surface area (TPSA) is 38.8 Å². The van der Waals surface area contributed by atoms with Gasteiger partial charge in [0.05, 0.1) is 5.92 Å². The predicted molar refractivity (Wildman–Crippen MR) is 128 cm³/mol. The second kappa shape index (κ2) is 9.76. The average Bonchev–Trinajstić information content (AvgIpc) is 3.48. The highest BCUT2D eigenvalue weighted by molar-refractivity contribution is 8.00. The van der Waals surface area contributed by atoms with E-state index >= 15 is 0 Å². The van der Waals surface area contributed by atoms with Crippen LogP contribution in [0.3, 0.4) is 0 Å². The number of amides is 1. The molecule has 2 fully saturated rings. The van der Waals surface area contributed by atoms with Gasteiger partial charge in [-0.2, -0.15) is 0 Å². The molecule has 0 unspecified atom stereocenters. The molecule has 5 rings (SSSR count). The predicted octanol–water partition coefficient (Wildman–Crippen LogP) is 6.59. The van der Waals surface area contributed by atoms with Crippen molar-refractivity contribution in [2.75, 3.05) is 6.79 Å². The van der Waals surface area contributed by atoms with E-state index in [4.69, 9.17) is 9.47 Å². The average molecular weight is 488 g/mol. The molecule has 34 heavy (non-hydrogen) atoms. The largest absolute Gasteiger partial charge is 0.454 e. The fourth-order valence-electron chi connectivity index (χ4n) is 5.31. The highest BCUT2D eigenvalue weighted by Crippen LogP contribution is 2.42. The molecule has 0 radical (unpaired) electrons. The van der Waals surface area contributed by atoms with Crippen LogP contribution in [0.1, 0.15) is 56.1 Å². The Morgan fingerprint density at radius 3 is 2.53 bits per heavy atom. The van der Waals surface area contributed by atoms with Crippen molar-refractivity contribution in [1.82, 2.24) is 4.90 Å². The summed E-state index contributed by atoms with van der Waals surface area (Å²) in [4.78, 5) is 17.0. The molecule has 2 aliphatic carbocycles. The molecule has 2 atom stereocenters. The summed E-state index contributed by atoms with van der Waals surface area (Å²) in [5.74, 6) is -1.24. The molecule has 0 aromatic heterocycles. The van der Waals surface area contributed by atoms with Crippen molar-refractivity contribution >= 4 is 17.7 Å². The number of hydrogen-bond donors (Lipinski definition) is 0. The van der Waals surface area contributed by atoms with Gasteiger partial charge in [0.2, 0.25) is 18.6 Å². The van der Waals surface area contributed by atoms with Gasteiger partial charge in [-0.3, -0.25) is 4.79 Å². The molecule has 0 N–H and O–H groups in total. The molecule has 2 saturated carbocycles. The zero-order valence-electron chi connectivity index (χ0n) is 19.5. The number of carbonyl (C=O) groups excluding carboxylic acids is 1. The number of aryl methyl sites for hydroxylation is 1. The Morgan fingerprint density at radius 1 is 1.03 bits per heavy atom. The van der Waals surface area contributed by atoms with Crippen LogP contribution in [0, 0.1) is 12.8 Å². The molecule has 0 bridgehead atoms. The van der Waals surface area contributed by atoms with Crippen molar-refractivity contribution in [2.45, 2.75) is 80.5 Å². The van der Waals surface area contributed by atoms with Gasteiger partial charge in [-0.15, -0.1) is 11.8 Å². The number of halogens is 2. The van der Waals surface area contributed by atoms with Crippen LogP contribution in [0.15, 0.2) is 47.4 Å². The Hall–Kier alpha value is -2.28. The zero-order valence-corrected chi connectivity index (χ0v) is 20.3. The number of fused-ring (bicyclic) bond motifs is 1. The summed E-state index contributed by atoms with van der Waals surface area (Å²) in [6.07, 6.45) is 3.22. The molecule has 2 aromatic carbocycles. The molecule has 0 saturated heterocycles. The molecular formula is C27H31F2NO3S. The summed E-state index contributed by atoms with van der Waals surface area (Å²) in [5, 5.41) is 0.208. The number of rotatable bonds is 6. The number of nitrogens with zero attached hydrogens (tertiary/aromatic N) is 1. The Morgan fingerprint density at radius 2 is 1.76 bits per heavy atom. The van der Waals surface area contributed by atoms with Gasteiger partial charge in [-0.05, 0) is 62.4 Å². The van der Waals surface area contributed by atoms with Crippen LogP contribution in [-0.4, -0.2) is 34.8 Å². The standard InChI is InChI=1S/C27H31F2NO3S/c1-18-5-8-21(9-6-18)34-25-4-2-3-22(25)26(31)30(20-11-13-27(28,29)14-12-20)16-19-7-10-23-24(15-19)33-17-32-23/h5-10,15,20,22,25H,2-4,11-14,16-17H2,1H3/t22-,25-/m1/s1. The number of alkyl halides is 2. The minimum atomic E-state index is -2.62. The number of thioether (sulfide) groups is 1. The summed E-state index contributed by atoms with van der Waals surface area (Å²) < 4.78 is 38.8. The van der Waals surface area contributed by atoms with Gasteiger partial charge in [0.15, 0.2) is 11.5 Å². The van der Waals surface area contributed by atoms with Gasteiger partial charge < -0.3 is 14.4 Å². The number of ether oxygens (including phenoxy) is 2. The molecule has 1 amide bonds. The number of hydrogen-bond acceptors (Lipinski definition) is 4. The SMILES string of the molecule is Cc1ccc(S[C@@H]2CCC[C@H]2C(=O)N(Cc2ccc3c(c2)OCO3)C2CCC(F)(F)CC2)cc1. The molecule has 1 aliphatic heterocycles. The zero-order chi connectivity index (χ0) is 23.7. The third-order valence-corrected chi connectivity index (χ3v) is 8.69. The van der Waals surface area contributed by atoms with E-state index in [1.54, 1.807) is 11.8 Å². The van der Waals surface area contributed by atoms with Crippen molar-refractivity contribution in [1.29, 1.82) is 0 Å². The second-order valence-electron chi connectivity index (χ2n) is 9.75. The first kappa shape index (κ1) is 23.5. The molecule has 7 heteroatoms. The Balaban J connectivity index is 1.36. The lowest BCUT2D eigenvalue weighted by Crippen LogP contribution is -2.47. The minimum Gasteiger partial charge on any atom is -0.454 e. The first-order valence-electron chi connectivity index (χ1n) is 12.2. The Bertz CT molecular complexity index is 1020. The van der Waals surface area contributed by atoms with Gasteiger partial charge in [0, 0.05) is 35.6 Å². The molecule has 4 nitrogen and oxygen atoms in total. The van der Waals surface area contributed by atoms with Crippen molar-refractivity contribution in [3.63, 3.8) is 0 Å². The van der Waals surface area contributed by atoms with Crippen molar-refractivity contribution < 1.29 is 23.0 Å². The molecule has 1 heterocycles. The van der Waals surface area contributed by atoms with Crippen LogP contribution in [-0.2, 0) is 11.3 Å². The summed E-state index contributed by atoms with van der Waals surface area (Å²) >= 11 is 1.78. The fraction of sp³-hybridized carbons (Fsp3) is 0.519. The van der Waals surface area contributed by atoms with Gasteiger partial charge >= 0.3 is 0 Å². The molecule has 0 spiro atoms. The summed E-state index contributed by atoms with van der Waals surface area (Å²) in [6, 6.07) is 14.0. The summed E-state index contributed by atoms with van der Waals surface area (Å²) in [5.41, 5.74) is 2.16. The normalized spacial score (nSPS) is 23.7. The first-order chi connectivity index (χ1) is 16.4. The van der Waals surface area contributed by atoms with E-state index in [-0.39, 0.29) is 42.8 Å². The van der Waals surface area contributed by atoms with Crippen LogP contribution in [0.25, 0.3) is 0 Å². The highest BCUT2D eigenvalue weighted by atomic mass is 32.2. The van der Waals surface area contributed by atoms with Crippen LogP contribution < -0.4 is 9.47 Å². The number of benzene rings is 2. The van der Waals surface area contributed by atoms with Crippen molar-refractivity contribution in [3.8, 4) is 11.5 Å². The molecular weight excluding hydrogens is 456 g/mol. The maximum atomic E-state index is 14.0. The van der Waals surface area contributed by atoms with E-state index in [9.17, 15) is 13.6 Å². The van der Waals surface area contributed by atoms with Gasteiger partial charge in [0.25, 0.3) is 0 Å². The third-order valence-electron chi connectivity index (χ3n) is 7.28. The van der Waals surface area contributed by atoms with Crippen LogP contribution in [0.4, 0.5) is 8.78 Å². The first-order valence-corrected chi connectivity index (χ1v) is 13.1. The van der Waals surface area contributed by atoms with E-state index in [1.807, 2.05) is 23.1 Å². The van der Waals surface area contributed by atoms with Crippen molar-refractivity contribution in [2.24, 2.45) is 5.92 Å². The second-order valence-corrected chi connectivity index (χ2v) is 11.1. The van der Waals surface area contributed by atoms with Crippen molar-refractivity contribution in [3.05, 3.63) is 53.6 Å². The Kier molecular flexibility index (Phi) is 6.74. The van der Waals surface area contributed by atoms with E-state index in [1.165, 1.54) is 10.5 Å². The minimum absolute atomic E-state index is 0.0947. The van der Waals surface area contributed by atoms with Gasteiger partial charge in [-0.25, -0.2) is 8.78 Å². The van der Waals surface area contributed by atoms with E-state index < -0.39 is 5.92 Å². The van der Waals surface area contributed by atoms with Crippen LogP contribution in [0.5, 0.6) is 11.5 Å². The summed E-state index contributed by atoms with van der Waals surface area (Å²) in [7, 11) is 0. The quantitative estimate of drug-likeness (QED) is 0.461. The van der Waals surface area contributed by atoms with Crippen LogP contribution >= 0.6 is 11.8 Å². The molecule has 2 aromatic rings. The Labute approximate surface area is 204 Å². The van der Waals surface area contributed by atoms with Crippen LogP contribution in [0.2, 0.25) is 0 Å². The van der Waals surface area contributed by atoms with Gasteiger partial charge in [-0.1, -0.05) is 30.2 Å². The monoisotopic (exact) mass is 487 g/mol. The highest BCUT2D eigenvalue weighted by Gasteiger charge is 2.42. The summed E-state index contributed by atoms with van der Waals surface area (Å²) in [6.45, 7) is 2.67. The van der Waals surface area contributed by atoms with E-state index in [2.05, 4.69) is 31.2 Å². The van der Waals surface area contributed by atoms with Gasteiger partial charge in [0.1, 0.15) is 0 Å².